The van der Waals surface area contributed by atoms with Gasteiger partial charge in [-0.1, -0.05) is 13.0 Å². The number of methoxy groups -OCH3 is 1. The van der Waals surface area contributed by atoms with E-state index in [-0.39, 0.29) is 12.0 Å². The van der Waals surface area contributed by atoms with Crippen molar-refractivity contribution in [3.8, 4) is 17.2 Å². The molecule has 5 nitrogen and oxygen atoms in total. The lowest BCUT2D eigenvalue weighted by molar-refractivity contribution is -0.122. The molecule has 1 atom stereocenters. The van der Waals surface area contributed by atoms with E-state index in [1.54, 1.807) is 19.2 Å². The molecule has 1 N–H and O–H groups in total. The molecular weight excluding hydrogens is 318 g/mol. The van der Waals surface area contributed by atoms with E-state index in [4.69, 9.17) is 14.2 Å². The second-order valence-electron chi connectivity index (χ2n) is 5.87. The highest BCUT2D eigenvalue weighted by atomic mass is 16.5. The third-order valence-electron chi connectivity index (χ3n) is 3.48. The first-order valence-corrected chi connectivity index (χ1v) is 8.40. The number of hydrogen-bond donors (Lipinski definition) is 1. The molecule has 2 aromatic carbocycles. The minimum Gasteiger partial charge on any atom is -0.497 e. The van der Waals surface area contributed by atoms with Crippen LogP contribution in [0.3, 0.4) is 0 Å². The molecule has 0 fully saturated rings. The van der Waals surface area contributed by atoms with Gasteiger partial charge in [-0.2, -0.15) is 0 Å². The standard InChI is InChI=1S/C20H25NO4/c1-5-19(25-18-8-6-7-17(13-18)23-4)20(22)21-15-9-11-16(12-10-15)24-14(2)3/h6-14,19H,5H2,1-4H3,(H,21,22)/t19-/m0/s1. The van der Waals surface area contributed by atoms with E-state index in [2.05, 4.69) is 5.32 Å². The molecular formula is C20H25NO4. The normalized spacial score (nSPS) is 11.7. The summed E-state index contributed by atoms with van der Waals surface area (Å²) in [5, 5.41) is 2.87. The summed E-state index contributed by atoms with van der Waals surface area (Å²) in [7, 11) is 1.59. The van der Waals surface area contributed by atoms with Crippen LogP contribution >= 0.6 is 0 Å². The molecule has 0 aliphatic carbocycles. The van der Waals surface area contributed by atoms with Gasteiger partial charge in [0.05, 0.1) is 13.2 Å². The van der Waals surface area contributed by atoms with E-state index in [1.165, 1.54) is 0 Å². The van der Waals surface area contributed by atoms with Crippen LogP contribution in [0.25, 0.3) is 0 Å². The summed E-state index contributed by atoms with van der Waals surface area (Å²) >= 11 is 0. The molecule has 0 spiro atoms. The van der Waals surface area contributed by atoms with Crippen LogP contribution in [0.15, 0.2) is 48.5 Å². The third kappa shape index (κ3) is 5.71. The Labute approximate surface area is 148 Å². The van der Waals surface area contributed by atoms with Gasteiger partial charge in [0, 0.05) is 11.8 Å². The van der Waals surface area contributed by atoms with Crippen molar-refractivity contribution in [1.82, 2.24) is 0 Å². The molecule has 0 radical (unpaired) electrons. The maximum atomic E-state index is 12.5. The molecule has 25 heavy (non-hydrogen) atoms. The minimum atomic E-state index is -0.585. The fourth-order valence-corrected chi connectivity index (χ4v) is 2.27. The highest BCUT2D eigenvalue weighted by molar-refractivity contribution is 5.94. The quantitative estimate of drug-likeness (QED) is 0.777. The molecule has 0 saturated heterocycles. The van der Waals surface area contributed by atoms with E-state index >= 15 is 0 Å². The Morgan fingerprint density at radius 2 is 1.68 bits per heavy atom. The Kier molecular flexibility index (Phi) is 6.69. The average Bonchev–Trinajstić information content (AvgIpc) is 2.61. The second-order valence-corrected chi connectivity index (χ2v) is 5.87. The van der Waals surface area contributed by atoms with Gasteiger partial charge in [0.15, 0.2) is 6.10 Å². The van der Waals surface area contributed by atoms with Gasteiger partial charge in [0.25, 0.3) is 5.91 Å². The summed E-state index contributed by atoms with van der Waals surface area (Å²) in [6.45, 7) is 5.85. The van der Waals surface area contributed by atoms with Gasteiger partial charge in [-0.3, -0.25) is 4.79 Å². The summed E-state index contributed by atoms with van der Waals surface area (Å²) in [5.41, 5.74) is 0.703. The molecule has 0 saturated carbocycles. The van der Waals surface area contributed by atoms with Gasteiger partial charge in [0.2, 0.25) is 0 Å². The van der Waals surface area contributed by atoms with Gasteiger partial charge >= 0.3 is 0 Å². The number of amides is 1. The first-order chi connectivity index (χ1) is 12.0. The zero-order valence-electron chi connectivity index (χ0n) is 15.1. The number of hydrogen-bond acceptors (Lipinski definition) is 4. The molecule has 0 aliphatic rings. The van der Waals surface area contributed by atoms with Gasteiger partial charge in [-0.05, 0) is 56.7 Å². The summed E-state index contributed by atoms with van der Waals surface area (Å²) < 4.78 is 16.6. The SMILES string of the molecule is CC[C@H](Oc1cccc(OC)c1)C(=O)Nc1ccc(OC(C)C)cc1. The lowest BCUT2D eigenvalue weighted by Gasteiger charge is -2.18. The molecule has 1 amide bonds. The third-order valence-corrected chi connectivity index (χ3v) is 3.48. The van der Waals surface area contributed by atoms with Crippen LogP contribution in [0.1, 0.15) is 27.2 Å². The molecule has 5 heteroatoms. The summed E-state index contributed by atoms with van der Waals surface area (Å²) in [4.78, 5) is 12.5. The molecule has 134 valence electrons. The van der Waals surface area contributed by atoms with E-state index in [0.29, 0.717) is 23.6 Å². The van der Waals surface area contributed by atoms with Gasteiger partial charge < -0.3 is 19.5 Å². The number of anilines is 1. The first kappa shape index (κ1) is 18.6. The summed E-state index contributed by atoms with van der Waals surface area (Å²) in [6.07, 6.45) is 0.0808. The van der Waals surface area contributed by atoms with Crippen LogP contribution in [-0.2, 0) is 4.79 Å². The van der Waals surface area contributed by atoms with Gasteiger partial charge in [-0.25, -0.2) is 0 Å². The van der Waals surface area contributed by atoms with Crippen LogP contribution in [-0.4, -0.2) is 25.2 Å². The Bertz CT molecular complexity index is 682. The van der Waals surface area contributed by atoms with E-state index < -0.39 is 6.10 Å². The zero-order chi connectivity index (χ0) is 18.2. The molecule has 0 unspecified atom stereocenters. The van der Waals surface area contributed by atoms with Crippen LogP contribution in [0.4, 0.5) is 5.69 Å². The van der Waals surface area contributed by atoms with Crippen molar-refractivity contribution in [2.75, 3.05) is 12.4 Å². The topological polar surface area (TPSA) is 56.8 Å². The molecule has 2 rings (SSSR count). The largest absolute Gasteiger partial charge is 0.497 e. The van der Waals surface area contributed by atoms with E-state index in [9.17, 15) is 4.79 Å². The fourth-order valence-electron chi connectivity index (χ4n) is 2.27. The van der Waals surface area contributed by atoms with Crippen molar-refractivity contribution < 1.29 is 19.0 Å². The Hall–Kier alpha value is -2.69. The number of carbonyl (C=O) groups is 1. The Morgan fingerprint density at radius 1 is 1.00 bits per heavy atom. The predicted octanol–water partition coefficient (Wildman–Crippen LogP) is 4.28. The fraction of sp³-hybridized carbons (Fsp3) is 0.350. The monoisotopic (exact) mass is 343 g/mol. The van der Waals surface area contributed by atoms with E-state index in [1.807, 2.05) is 57.2 Å². The highest BCUT2D eigenvalue weighted by Gasteiger charge is 2.18. The molecule has 0 aromatic heterocycles. The number of nitrogens with one attached hydrogen (secondary N) is 1. The van der Waals surface area contributed by atoms with Crippen molar-refractivity contribution in [1.29, 1.82) is 0 Å². The Morgan fingerprint density at radius 3 is 2.28 bits per heavy atom. The zero-order valence-corrected chi connectivity index (χ0v) is 15.1. The first-order valence-electron chi connectivity index (χ1n) is 8.40. The maximum absolute atomic E-state index is 12.5. The van der Waals surface area contributed by atoms with Crippen molar-refractivity contribution in [2.24, 2.45) is 0 Å². The highest BCUT2D eigenvalue weighted by Crippen LogP contribution is 2.22. The molecule has 0 bridgehead atoms. The predicted molar refractivity (Wildman–Crippen MR) is 98.5 cm³/mol. The van der Waals surface area contributed by atoms with Gasteiger partial charge in [-0.15, -0.1) is 0 Å². The lowest BCUT2D eigenvalue weighted by Crippen LogP contribution is -2.32. The smallest absolute Gasteiger partial charge is 0.265 e. The Balaban J connectivity index is 1.99. The molecule has 2 aromatic rings. The van der Waals surface area contributed by atoms with Crippen LogP contribution in [0, 0.1) is 0 Å². The average molecular weight is 343 g/mol. The lowest BCUT2D eigenvalue weighted by atomic mass is 10.2. The summed E-state index contributed by atoms with van der Waals surface area (Å²) in [6, 6.07) is 14.5. The van der Waals surface area contributed by atoms with E-state index in [0.717, 1.165) is 5.75 Å². The van der Waals surface area contributed by atoms with Crippen LogP contribution < -0.4 is 19.5 Å². The number of rotatable bonds is 8. The van der Waals surface area contributed by atoms with Crippen molar-refractivity contribution in [3.63, 3.8) is 0 Å². The number of ether oxygens (including phenoxy) is 3. The minimum absolute atomic E-state index is 0.112. The second kappa shape index (κ2) is 8.97. The van der Waals surface area contributed by atoms with Crippen LogP contribution in [0.5, 0.6) is 17.2 Å². The van der Waals surface area contributed by atoms with Crippen molar-refractivity contribution >= 4 is 11.6 Å². The maximum Gasteiger partial charge on any atom is 0.265 e. The molecule has 0 aliphatic heterocycles. The summed E-state index contributed by atoms with van der Waals surface area (Å²) in [5.74, 6) is 1.87. The van der Waals surface area contributed by atoms with Gasteiger partial charge in [0.1, 0.15) is 17.2 Å². The van der Waals surface area contributed by atoms with Crippen LogP contribution in [0.2, 0.25) is 0 Å². The van der Waals surface area contributed by atoms with Crippen molar-refractivity contribution in [2.45, 2.75) is 39.4 Å². The molecule has 0 heterocycles. The number of benzene rings is 2. The number of carbonyl (C=O) groups excluding carboxylic acids is 1. The van der Waals surface area contributed by atoms with Crippen molar-refractivity contribution in [3.05, 3.63) is 48.5 Å².